The standard InChI is InChI=1S/C30H33N3O6/c34-15-5-6-16-37-28-18-20(23-19-38-26-10-4-1-7-22(23)26)17-27(39-28)29(35)32-13-11-21(12-14-32)33-25-9-3-2-8-24(25)31-30(33)36/h1-4,7-10,17,19-21,28,34H,5-6,11-16,18H2,(H,31,36). The van der Waals surface area contributed by atoms with Gasteiger partial charge in [0.15, 0.2) is 5.76 Å². The number of unbranched alkanes of at least 4 members (excludes halogenated alkanes) is 1. The number of carbonyl (C=O) groups is 1. The Hall–Kier alpha value is -3.82. The van der Waals surface area contributed by atoms with Crippen LogP contribution in [-0.4, -0.2) is 58.1 Å². The van der Waals surface area contributed by atoms with Crippen molar-refractivity contribution in [3.05, 3.63) is 82.7 Å². The number of hydrogen-bond donors (Lipinski definition) is 2. The summed E-state index contributed by atoms with van der Waals surface area (Å²) in [6.45, 7) is 1.61. The van der Waals surface area contributed by atoms with Gasteiger partial charge in [0.05, 0.1) is 23.9 Å². The number of fused-ring (bicyclic) bond motifs is 2. The van der Waals surface area contributed by atoms with Crippen LogP contribution < -0.4 is 5.69 Å². The largest absolute Gasteiger partial charge is 0.464 e. The van der Waals surface area contributed by atoms with Crippen LogP contribution in [0.2, 0.25) is 0 Å². The fraction of sp³-hybridized carbons (Fsp3) is 0.400. The molecule has 4 aromatic rings. The number of ether oxygens (including phenoxy) is 2. The van der Waals surface area contributed by atoms with Gasteiger partial charge in [0.25, 0.3) is 5.91 Å². The third kappa shape index (κ3) is 5.12. The highest BCUT2D eigenvalue weighted by Crippen LogP contribution is 2.37. The molecule has 0 aliphatic carbocycles. The highest BCUT2D eigenvalue weighted by Gasteiger charge is 2.34. The lowest BCUT2D eigenvalue weighted by molar-refractivity contribution is -0.153. The number of aromatic nitrogens is 2. The quantitative estimate of drug-likeness (QED) is 0.325. The highest BCUT2D eigenvalue weighted by atomic mass is 16.7. The van der Waals surface area contributed by atoms with Crippen LogP contribution in [0.4, 0.5) is 0 Å². The van der Waals surface area contributed by atoms with E-state index in [1.54, 1.807) is 11.2 Å². The van der Waals surface area contributed by atoms with Gasteiger partial charge in [-0.2, -0.15) is 0 Å². The Morgan fingerprint density at radius 3 is 2.72 bits per heavy atom. The summed E-state index contributed by atoms with van der Waals surface area (Å²) in [5, 5.41) is 10.1. The number of rotatable bonds is 8. The second-order valence-corrected chi connectivity index (χ2v) is 10.2. The number of imidazole rings is 1. The van der Waals surface area contributed by atoms with Crippen molar-refractivity contribution in [2.75, 3.05) is 26.3 Å². The third-order valence-electron chi connectivity index (χ3n) is 7.78. The predicted molar refractivity (Wildman–Crippen MR) is 146 cm³/mol. The Balaban J connectivity index is 1.20. The zero-order valence-corrected chi connectivity index (χ0v) is 21.8. The topological polar surface area (TPSA) is 110 Å². The van der Waals surface area contributed by atoms with Crippen LogP contribution in [-0.2, 0) is 14.3 Å². The van der Waals surface area contributed by atoms with Gasteiger partial charge in [-0.05, 0) is 50.0 Å². The molecule has 2 unspecified atom stereocenters. The normalized spacial score (nSPS) is 20.3. The van der Waals surface area contributed by atoms with Crippen LogP contribution in [0.15, 0.2) is 75.8 Å². The van der Waals surface area contributed by atoms with Gasteiger partial charge in [0, 0.05) is 49.0 Å². The van der Waals surface area contributed by atoms with E-state index in [0.717, 1.165) is 27.6 Å². The van der Waals surface area contributed by atoms with Crippen molar-refractivity contribution < 1.29 is 23.8 Å². The lowest BCUT2D eigenvalue weighted by Crippen LogP contribution is -2.42. The number of aliphatic hydroxyl groups excluding tert-OH is 1. The van der Waals surface area contributed by atoms with E-state index in [1.165, 1.54) is 0 Å². The van der Waals surface area contributed by atoms with E-state index in [4.69, 9.17) is 19.0 Å². The molecule has 0 bridgehead atoms. The number of nitrogens with zero attached hydrogens (tertiary/aromatic N) is 2. The van der Waals surface area contributed by atoms with Gasteiger partial charge >= 0.3 is 5.69 Å². The molecule has 4 heterocycles. The first kappa shape index (κ1) is 25.5. The monoisotopic (exact) mass is 531 g/mol. The molecule has 2 aliphatic rings. The molecule has 0 saturated carbocycles. The number of aromatic amines is 1. The van der Waals surface area contributed by atoms with Gasteiger partial charge in [0.2, 0.25) is 6.29 Å². The minimum atomic E-state index is -0.575. The lowest BCUT2D eigenvalue weighted by atomic mass is 9.92. The summed E-state index contributed by atoms with van der Waals surface area (Å²) >= 11 is 0. The third-order valence-corrected chi connectivity index (χ3v) is 7.78. The molecule has 204 valence electrons. The lowest BCUT2D eigenvalue weighted by Gasteiger charge is -2.35. The Morgan fingerprint density at radius 1 is 1.08 bits per heavy atom. The fourth-order valence-electron chi connectivity index (χ4n) is 5.76. The zero-order valence-electron chi connectivity index (χ0n) is 21.8. The van der Waals surface area contributed by atoms with Crippen LogP contribution in [0.5, 0.6) is 0 Å². The molecule has 0 spiro atoms. The smallest absolute Gasteiger partial charge is 0.326 e. The van der Waals surface area contributed by atoms with Crippen molar-refractivity contribution in [1.29, 1.82) is 0 Å². The average Bonchev–Trinajstić information content (AvgIpc) is 3.55. The van der Waals surface area contributed by atoms with Crippen molar-refractivity contribution in [3.63, 3.8) is 0 Å². The molecule has 2 N–H and O–H groups in total. The Labute approximate surface area is 225 Å². The molecule has 9 heteroatoms. The van der Waals surface area contributed by atoms with E-state index in [9.17, 15) is 9.59 Å². The van der Waals surface area contributed by atoms with Gasteiger partial charge < -0.3 is 28.9 Å². The number of benzene rings is 2. The average molecular weight is 532 g/mol. The summed E-state index contributed by atoms with van der Waals surface area (Å²) < 4.78 is 19.7. The maximum absolute atomic E-state index is 13.7. The van der Waals surface area contributed by atoms with Gasteiger partial charge in [-0.15, -0.1) is 0 Å². The van der Waals surface area contributed by atoms with Crippen LogP contribution in [0.1, 0.15) is 49.6 Å². The number of hydrogen-bond acceptors (Lipinski definition) is 6. The molecule has 2 aromatic heterocycles. The molecule has 2 atom stereocenters. The number of furan rings is 1. The summed E-state index contributed by atoms with van der Waals surface area (Å²) in [6.07, 6.45) is 6.35. The minimum Gasteiger partial charge on any atom is -0.464 e. The van der Waals surface area contributed by atoms with E-state index < -0.39 is 6.29 Å². The van der Waals surface area contributed by atoms with Gasteiger partial charge in [-0.25, -0.2) is 4.79 Å². The van der Waals surface area contributed by atoms with Crippen LogP contribution in [0.3, 0.4) is 0 Å². The molecule has 1 fully saturated rings. The van der Waals surface area contributed by atoms with Gasteiger partial charge in [-0.1, -0.05) is 30.3 Å². The Morgan fingerprint density at radius 2 is 1.87 bits per heavy atom. The first-order valence-corrected chi connectivity index (χ1v) is 13.7. The van der Waals surface area contributed by atoms with Gasteiger partial charge in [-0.3, -0.25) is 9.36 Å². The van der Waals surface area contributed by atoms with E-state index in [0.29, 0.717) is 51.8 Å². The molecule has 2 aliphatic heterocycles. The van der Waals surface area contributed by atoms with Crippen molar-refractivity contribution in [2.24, 2.45) is 0 Å². The van der Waals surface area contributed by atoms with E-state index in [2.05, 4.69) is 4.98 Å². The maximum atomic E-state index is 13.7. The molecular formula is C30H33N3O6. The SMILES string of the molecule is O=C(C1=CC(c2coc3ccccc23)CC(OCCCCO)O1)N1CCC(n2c(=O)[nH]c3ccccc32)CC1. The second-order valence-electron chi connectivity index (χ2n) is 10.2. The first-order valence-electron chi connectivity index (χ1n) is 13.7. The number of para-hydroxylation sites is 3. The number of carbonyl (C=O) groups excluding carboxylic acids is 1. The molecule has 1 amide bonds. The van der Waals surface area contributed by atoms with E-state index in [-0.39, 0.29) is 35.9 Å². The van der Waals surface area contributed by atoms with Crippen LogP contribution in [0.25, 0.3) is 22.0 Å². The first-order chi connectivity index (χ1) is 19.1. The number of nitrogens with one attached hydrogen (secondary N) is 1. The van der Waals surface area contributed by atoms with Crippen molar-refractivity contribution in [2.45, 2.75) is 50.4 Å². The number of amides is 1. The van der Waals surface area contributed by atoms with Crippen molar-refractivity contribution in [1.82, 2.24) is 14.5 Å². The second kappa shape index (κ2) is 11.1. The summed E-state index contributed by atoms with van der Waals surface area (Å²) in [7, 11) is 0. The summed E-state index contributed by atoms with van der Waals surface area (Å²) in [5.74, 6) is 0.0131. The predicted octanol–water partition coefficient (Wildman–Crippen LogP) is 4.44. The summed E-state index contributed by atoms with van der Waals surface area (Å²) in [5.41, 5.74) is 3.40. The van der Waals surface area contributed by atoms with E-state index in [1.807, 2.05) is 59.2 Å². The maximum Gasteiger partial charge on any atom is 0.326 e. The number of H-pyrrole nitrogens is 1. The van der Waals surface area contributed by atoms with Crippen LogP contribution >= 0.6 is 0 Å². The van der Waals surface area contributed by atoms with Crippen molar-refractivity contribution in [3.8, 4) is 0 Å². The zero-order chi connectivity index (χ0) is 26.8. The van der Waals surface area contributed by atoms with E-state index >= 15 is 0 Å². The molecule has 39 heavy (non-hydrogen) atoms. The fourth-order valence-corrected chi connectivity index (χ4v) is 5.76. The minimum absolute atomic E-state index is 0.0200. The van der Waals surface area contributed by atoms with Gasteiger partial charge in [0.1, 0.15) is 5.58 Å². The highest BCUT2D eigenvalue weighted by molar-refractivity contribution is 5.92. The molecule has 0 radical (unpaired) electrons. The summed E-state index contributed by atoms with van der Waals surface area (Å²) in [4.78, 5) is 31.1. The molecule has 6 rings (SSSR count). The number of allylic oxidation sites excluding steroid dienone is 1. The van der Waals surface area contributed by atoms with Crippen LogP contribution in [0, 0.1) is 0 Å². The Kier molecular flexibility index (Phi) is 7.26. The summed E-state index contributed by atoms with van der Waals surface area (Å²) in [6, 6.07) is 15.6. The number of piperidine rings is 1. The molecular weight excluding hydrogens is 498 g/mol. The van der Waals surface area contributed by atoms with Crippen molar-refractivity contribution >= 4 is 27.9 Å². The molecule has 2 aromatic carbocycles. The Bertz CT molecular complexity index is 1540. The number of likely N-dealkylation sites (tertiary alicyclic amines) is 1. The molecule has 9 nitrogen and oxygen atoms in total. The number of aliphatic hydroxyl groups is 1. The molecule has 1 saturated heterocycles.